The van der Waals surface area contributed by atoms with Crippen LogP contribution in [-0.2, 0) is 4.79 Å². The van der Waals surface area contributed by atoms with E-state index >= 15 is 0 Å². The summed E-state index contributed by atoms with van der Waals surface area (Å²) in [5.74, 6) is 1.51. The maximum atomic E-state index is 14.1. The Morgan fingerprint density at radius 3 is 2.37 bits per heavy atom. The number of halogens is 1. The van der Waals surface area contributed by atoms with Crippen molar-refractivity contribution < 1.29 is 13.9 Å². The minimum absolute atomic E-state index is 0.0631. The van der Waals surface area contributed by atoms with E-state index in [1.54, 1.807) is 19.2 Å². The molecule has 3 heterocycles. The van der Waals surface area contributed by atoms with Gasteiger partial charge >= 0.3 is 0 Å². The Balaban J connectivity index is 1.19. The molecule has 2 aromatic carbocycles. The van der Waals surface area contributed by atoms with Crippen LogP contribution in [0.5, 0.6) is 5.75 Å². The molecule has 1 aromatic heterocycles. The molecule has 5 rings (SSSR count). The molecule has 0 radical (unpaired) electrons. The molecule has 7 nitrogen and oxygen atoms in total. The first-order valence-corrected chi connectivity index (χ1v) is 12.1. The number of aromatic nitrogens is 2. The lowest BCUT2D eigenvalue weighted by Gasteiger charge is -2.40. The zero-order valence-corrected chi connectivity index (χ0v) is 19.9. The minimum atomic E-state index is -0.214. The van der Waals surface area contributed by atoms with Gasteiger partial charge in [-0.25, -0.2) is 4.39 Å². The molecular weight excluding hydrogens is 445 g/mol. The van der Waals surface area contributed by atoms with E-state index in [0.717, 1.165) is 42.2 Å². The predicted molar refractivity (Wildman–Crippen MR) is 134 cm³/mol. The number of piperazine rings is 1. The van der Waals surface area contributed by atoms with Crippen LogP contribution in [0.25, 0.3) is 11.3 Å². The molecule has 182 valence electrons. The normalized spacial score (nSPS) is 18.5. The van der Waals surface area contributed by atoms with E-state index in [1.165, 1.54) is 6.07 Å². The number of hydrogen-bond acceptors (Lipinski definition) is 6. The van der Waals surface area contributed by atoms with Gasteiger partial charge in [0, 0.05) is 44.8 Å². The summed E-state index contributed by atoms with van der Waals surface area (Å²) in [6, 6.07) is 18.5. The molecule has 2 aliphatic heterocycles. The molecule has 2 aliphatic rings. The second-order valence-corrected chi connectivity index (χ2v) is 9.05. The highest BCUT2D eigenvalue weighted by Gasteiger charge is 2.32. The molecule has 1 unspecified atom stereocenters. The first kappa shape index (κ1) is 23.1. The maximum Gasteiger partial charge on any atom is 0.227 e. The zero-order chi connectivity index (χ0) is 24.2. The van der Waals surface area contributed by atoms with Crippen molar-refractivity contribution in [3.05, 3.63) is 66.5 Å². The molecule has 2 saturated heterocycles. The first-order valence-electron chi connectivity index (χ1n) is 12.1. The highest BCUT2D eigenvalue weighted by atomic mass is 19.1. The van der Waals surface area contributed by atoms with Gasteiger partial charge in [-0.15, -0.1) is 10.2 Å². The van der Waals surface area contributed by atoms with Gasteiger partial charge in [0.1, 0.15) is 11.6 Å². The fraction of sp³-hybridized carbons (Fsp3) is 0.370. The number of piperidine rings is 1. The van der Waals surface area contributed by atoms with Crippen molar-refractivity contribution in [1.82, 2.24) is 15.1 Å². The van der Waals surface area contributed by atoms with Crippen molar-refractivity contribution >= 4 is 17.4 Å². The number of ether oxygens (including phenoxy) is 1. The van der Waals surface area contributed by atoms with Gasteiger partial charge in [-0.2, -0.15) is 0 Å². The number of carbonyl (C=O) groups is 1. The number of methoxy groups -OCH3 is 1. The first-order chi connectivity index (χ1) is 17.1. The molecule has 3 aromatic rings. The number of rotatable bonds is 5. The largest absolute Gasteiger partial charge is 0.497 e. The van der Waals surface area contributed by atoms with E-state index in [-0.39, 0.29) is 17.6 Å². The molecule has 0 N–H and O–H groups in total. The van der Waals surface area contributed by atoms with E-state index in [4.69, 9.17) is 4.74 Å². The van der Waals surface area contributed by atoms with E-state index < -0.39 is 0 Å². The fourth-order valence-corrected chi connectivity index (χ4v) is 4.93. The van der Waals surface area contributed by atoms with E-state index in [0.29, 0.717) is 38.4 Å². The summed E-state index contributed by atoms with van der Waals surface area (Å²) in [6.45, 7) is 4.01. The molecule has 0 spiro atoms. The Bertz CT molecular complexity index is 1150. The highest BCUT2D eigenvalue weighted by Crippen LogP contribution is 2.26. The Hall–Kier alpha value is -3.68. The van der Waals surface area contributed by atoms with Crippen LogP contribution in [0.4, 0.5) is 15.9 Å². The molecule has 1 atom stereocenters. The summed E-state index contributed by atoms with van der Waals surface area (Å²) in [7, 11) is 1.64. The summed E-state index contributed by atoms with van der Waals surface area (Å²) in [6.07, 6.45) is 1.81. The molecule has 1 amide bonds. The number of hydrogen-bond donors (Lipinski definition) is 0. The lowest BCUT2D eigenvalue weighted by molar-refractivity contribution is -0.136. The summed E-state index contributed by atoms with van der Waals surface area (Å²) < 4.78 is 19.3. The quantitative estimate of drug-likeness (QED) is 0.559. The number of para-hydroxylation sites is 1. The van der Waals surface area contributed by atoms with Crippen molar-refractivity contribution in [2.75, 3.05) is 56.2 Å². The van der Waals surface area contributed by atoms with Crippen LogP contribution in [0.1, 0.15) is 12.8 Å². The van der Waals surface area contributed by atoms with E-state index in [9.17, 15) is 9.18 Å². The van der Waals surface area contributed by atoms with Crippen molar-refractivity contribution in [3.8, 4) is 17.0 Å². The second kappa shape index (κ2) is 10.3. The monoisotopic (exact) mass is 475 g/mol. The third-order valence-corrected chi connectivity index (χ3v) is 6.92. The van der Waals surface area contributed by atoms with Crippen molar-refractivity contribution in [1.29, 1.82) is 0 Å². The van der Waals surface area contributed by atoms with Crippen LogP contribution in [0.3, 0.4) is 0 Å². The van der Waals surface area contributed by atoms with Gasteiger partial charge in [0.25, 0.3) is 0 Å². The number of anilines is 2. The fourth-order valence-electron chi connectivity index (χ4n) is 4.93. The van der Waals surface area contributed by atoms with Crippen LogP contribution in [0.2, 0.25) is 0 Å². The van der Waals surface area contributed by atoms with Crippen molar-refractivity contribution in [2.45, 2.75) is 12.8 Å². The minimum Gasteiger partial charge on any atom is -0.497 e. The molecule has 2 fully saturated rings. The van der Waals surface area contributed by atoms with Gasteiger partial charge in [0.05, 0.1) is 24.4 Å². The van der Waals surface area contributed by atoms with E-state index in [1.807, 2.05) is 52.3 Å². The third kappa shape index (κ3) is 5.06. The summed E-state index contributed by atoms with van der Waals surface area (Å²) in [4.78, 5) is 19.4. The van der Waals surface area contributed by atoms with Crippen LogP contribution in [0, 0.1) is 11.7 Å². The number of nitrogens with zero attached hydrogens (tertiary/aromatic N) is 5. The van der Waals surface area contributed by atoms with Crippen molar-refractivity contribution in [2.24, 2.45) is 5.92 Å². The van der Waals surface area contributed by atoms with Crippen LogP contribution >= 0.6 is 0 Å². The number of benzene rings is 2. The third-order valence-electron chi connectivity index (χ3n) is 6.92. The topological polar surface area (TPSA) is 61.8 Å². The van der Waals surface area contributed by atoms with Gasteiger partial charge in [-0.1, -0.05) is 12.1 Å². The van der Waals surface area contributed by atoms with Gasteiger partial charge in [0.15, 0.2) is 5.82 Å². The predicted octanol–water partition coefficient (Wildman–Crippen LogP) is 3.86. The Kier molecular flexibility index (Phi) is 6.79. The van der Waals surface area contributed by atoms with Gasteiger partial charge in [0.2, 0.25) is 5.91 Å². The smallest absolute Gasteiger partial charge is 0.227 e. The number of carbonyl (C=O) groups excluding carboxylic acids is 1. The zero-order valence-electron chi connectivity index (χ0n) is 19.9. The molecule has 0 saturated carbocycles. The molecule has 35 heavy (non-hydrogen) atoms. The average Bonchev–Trinajstić information content (AvgIpc) is 2.93. The van der Waals surface area contributed by atoms with Crippen LogP contribution in [0.15, 0.2) is 60.7 Å². The van der Waals surface area contributed by atoms with Crippen LogP contribution in [-0.4, -0.2) is 67.4 Å². The van der Waals surface area contributed by atoms with Gasteiger partial charge < -0.3 is 19.4 Å². The van der Waals surface area contributed by atoms with E-state index in [2.05, 4.69) is 15.1 Å². The summed E-state index contributed by atoms with van der Waals surface area (Å²) in [5.41, 5.74) is 2.39. The second-order valence-electron chi connectivity index (χ2n) is 9.05. The van der Waals surface area contributed by atoms with Crippen molar-refractivity contribution in [3.63, 3.8) is 0 Å². The highest BCUT2D eigenvalue weighted by molar-refractivity contribution is 5.80. The molecule has 0 aliphatic carbocycles. The lowest BCUT2D eigenvalue weighted by Crippen LogP contribution is -2.52. The maximum absolute atomic E-state index is 14.1. The Morgan fingerprint density at radius 2 is 1.69 bits per heavy atom. The number of amides is 1. The summed E-state index contributed by atoms with van der Waals surface area (Å²) >= 11 is 0. The summed E-state index contributed by atoms with van der Waals surface area (Å²) in [5, 5.41) is 8.88. The Morgan fingerprint density at radius 1 is 0.914 bits per heavy atom. The standard InChI is InChI=1S/C27H30FN5O2/c1-35-22-10-8-20(9-11-22)24-12-13-26(30-29-24)33-14-4-5-21(19-33)27(34)32-17-15-31(16-18-32)25-7-3-2-6-23(25)28/h2-3,6-13,21H,4-5,14-19H2,1H3. The molecule has 0 bridgehead atoms. The van der Waals surface area contributed by atoms with Gasteiger partial charge in [-0.05, 0) is 61.4 Å². The SMILES string of the molecule is COc1ccc(-c2ccc(N3CCCC(C(=O)N4CCN(c5ccccc5F)CC4)C3)nn2)cc1. The lowest BCUT2D eigenvalue weighted by atomic mass is 9.96. The average molecular weight is 476 g/mol. The Labute approximate surface area is 205 Å². The molecular formula is C27H30FN5O2. The van der Waals surface area contributed by atoms with Crippen LogP contribution < -0.4 is 14.5 Å². The van der Waals surface area contributed by atoms with Gasteiger partial charge in [-0.3, -0.25) is 4.79 Å². The molecule has 8 heteroatoms.